The van der Waals surface area contributed by atoms with Gasteiger partial charge in [-0.2, -0.15) is 5.10 Å². The number of rotatable bonds is 1. The van der Waals surface area contributed by atoms with Crippen LogP contribution in [0.25, 0.3) is 0 Å². The number of nitrogens with one attached hydrogen (secondary N) is 1. The van der Waals surface area contributed by atoms with Crippen molar-refractivity contribution in [2.45, 2.75) is 0 Å². The number of nitrogens with two attached hydrogens (primary N) is 2. The number of aromatic amines is 1. The largest absolute Gasteiger partial charge is 0.381 e. The Morgan fingerprint density at radius 2 is 2.27 bits per heavy atom. The zero-order valence-corrected chi connectivity index (χ0v) is 5.74. The fourth-order valence-electron chi connectivity index (χ4n) is 0.667. The fourth-order valence-corrected chi connectivity index (χ4v) is 0.667. The first-order chi connectivity index (χ1) is 5.24. The maximum Gasteiger partial charge on any atom is 0.248 e. The lowest BCUT2D eigenvalue weighted by atomic mass is 10.3. The van der Waals surface area contributed by atoms with E-state index in [2.05, 4.69) is 10.1 Å². The number of hydrogen-bond acceptors (Lipinski definition) is 3. The fraction of sp³-hybridized carbons (Fsp3) is 0. The Bertz CT molecular complexity index is 327. The van der Waals surface area contributed by atoms with Crippen molar-refractivity contribution in [1.29, 1.82) is 0 Å². The molecule has 1 heterocycles. The number of H-pyrrole nitrogens is 1. The molecule has 0 aliphatic heterocycles. The molecule has 0 saturated carbocycles. The average Bonchev–Trinajstić information content (AvgIpc) is 2.03. The molecule has 1 aromatic rings. The zero-order chi connectivity index (χ0) is 8.27. The minimum absolute atomic E-state index is 0.114. The van der Waals surface area contributed by atoms with E-state index in [1.165, 1.54) is 6.07 Å². The van der Waals surface area contributed by atoms with Gasteiger partial charge in [0.25, 0.3) is 0 Å². The maximum absolute atomic E-state index is 10.7. The highest BCUT2D eigenvalue weighted by Crippen LogP contribution is 1.86. The number of hydrazone groups is 1. The molecule has 0 amide bonds. The first-order valence-corrected chi connectivity index (χ1v) is 2.97. The number of aromatic nitrogens is 1. The van der Waals surface area contributed by atoms with Crippen molar-refractivity contribution in [3.05, 3.63) is 34.2 Å². The SMILES string of the molecule is N/N=C(/N)c1cccc(=O)[nH]1. The van der Waals surface area contributed by atoms with Crippen LogP contribution in [0.5, 0.6) is 0 Å². The van der Waals surface area contributed by atoms with E-state index < -0.39 is 0 Å². The van der Waals surface area contributed by atoms with Gasteiger partial charge in [-0.3, -0.25) is 4.79 Å². The van der Waals surface area contributed by atoms with Crippen molar-refractivity contribution in [1.82, 2.24) is 4.98 Å². The molecule has 0 aliphatic rings. The molecule has 0 spiro atoms. The van der Waals surface area contributed by atoms with Crippen LogP contribution in [0.4, 0.5) is 0 Å². The van der Waals surface area contributed by atoms with Crippen molar-refractivity contribution >= 4 is 5.84 Å². The Morgan fingerprint density at radius 1 is 1.55 bits per heavy atom. The van der Waals surface area contributed by atoms with Gasteiger partial charge in [0.1, 0.15) is 0 Å². The molecule has 0 atom stereocenters. The second-order valence-electron chi connectivity index (χ2n) is 1.94. The van der Waals surface area contributed by atoms with Crippen LogP contribution in [0, 0.1) is 0 Å². The number of hydrogen-bond donors (Lipinski definition) is 3. The van der Waals surface area contributed by atoms with Crippen LogP contribution in [0.2, 0.25) is 0 Å². The van der Waals surface area contributed by atoms with Crippen molar-refractivity contribution in [2.24, 2.45) is 16.7 Å². The van der Waals surface area contributed by atoms with Gasteiger partial charge in [0, 0.05) is 6.07 Å². The topological polar surface area (TPSA) is 97.3 Å². The molecule has 5 heteroatoms. The average molecular weight is 152 g/mol. The molecule has 1 aromatic heterocycles. The second kappa shape index (κ2) is 2.87. The summed E-state index contributed by atoms with van der Waals surface area (Å²) in [5, 5.41) is 3.22. The van der Waals surface area contributed by atoms with Gasteiger partial charge in [0.2, 0.25) is 5.56 Å². The Kier molecular flexibility index (Phi) is 1.91. The monoisotopic (exact) mass is 152 g/mol. The number of pyridine rings is 1. The summed E-state index contributed by atoms with van der Waals surface area (Å²) in [6, 6.07) is 4.58. The summed E-state index contributed by atoms with van der Waals surface area (Å²) in [4.78, 5) is 13.2. The van der Waals surface area contributed by atoms with Gasteiger partial charge in [-0.25, -0.2) is 0 Å². The van der Waals surface area contributed by atoms with E-state index in [0.29, 0.717) is 5.69 Å². The molecule has 11 heavy (non-hydrogen) atoms. The molecule has 5 N–H and O–H groups in total. The Hall–Kier alpha value is -1.78. The lowest BCUT2D eigenvalue weighted by Gasteiger charge is -1.95. The van der Waals surface area contributed by atoms with Crippen molar-refractivity contribution in [3.63, 3.8) is 0 Å². The molecule has 0 aromatic carbocycles. The summed E-state index contributed by atoms with van der Waals surface area (Å²) in [6.07, 6.45) is 0. The van der Waals surface area contributed by atoms with Crippen molar-refractivity contribution < 1.29 is 0 Å². The quantitative estimate of drug-likeness (QED) is 0.207. The summed E-state index contributed by atoms with van der Waals surface area (Å²) < 4.78 is 0. The van der Waals surface area contributed by atoms with Crippen LogP contribution in [0.1, 0.15) is 5.69 Å². The van der Waals surface area contributed by atoms with Crippen molar-refractivity contribution in [2.75, 3.05) is 0 Å². The summed E-state index contributed by atoms with van der Waals surface area (Å²) in [5.41, 5.74) is 5.52. The third kappa shape index (κ3) is 1.57. The molecule has 0 bridgehead atoms. The van der Waals surface area contributed by atoms with Gasteiger partial charge >= 0.3 is 0 Å². The molecule has 0 radical (unpaired) electrons. The van der Waals surface area contributed by atoms with Gasteiger partial charge in [-0.05, 0) is 6.07 Å². The Labute approximate surface area is 62.7 Å². The minimum Gasteiger partial charge on any atom is -0.381 e. The van der Waals surface area contributed by atoms with Gasteiger partial charge < -0.3 is 16.6 Å². The maximum atomic E-state index is 10.7. The van der Waals surface area contributed by atoms with Crippen LogP contribution in [0.3, 0.4) is 0 Å². The van der Waals surface area contributed by atoms with E-state index in [1.54, 1.807) is 12.1 Å². The second-order valence-corrected chi connectivity index (χ2v) is 1.94. The molecule has 58 valence electrons. The van der Waals surface area contributed by atoms with E-state index in [4.69, 9.17) is 11.6 Å². The number of amidine groups is 1. The molecule has 0 saturated heterocycles. The lowest BCUT2D eigenvalue weighted by Crippen LogP contribution is -2.20. The third-order valence-corrected chi connectivity index (χ3v) is 1.18. The highest BCUT2D eigenvalue weighted by atomic mass is 16.1. The molecule has 0 unspecified atom stereocenters. The van der Waals surface area contributed by atoms with Crippen LogP contribution in [0.15, 0.2) is 28.1 Å². The van der Waals surface area contributed by atoms with Crippen LogP contribution in [-0.2, 0) is 0 Å². The molecular weight excluding hydrogens is 144 g/mol. The van der Waals surface area contributed by atoms with Crippen LogP contribution < -0.4 is 17.1 Å². The molecule has 1 rings (SSSR count). The molecule has 0 fully saturated rings. The zero-order valence-electron chi connectivity index (χ0n) is 5.74. The summed E-state index contributed by atoms with van der Waals surface area (Å²) in [7, 11) is 0. The van der Waals surface area contributed by atoms with Crippen LogP contribution >= 0.6 is 0 Å². The standard InChI is InChI=1S/C6H8N4O/c7-6(10-8)4-2-1-3-5(11)9-4/h1-3H,8H2,(H2,7,10)(H,9,11). The minimum atomic E-state index is -0.228. The van der Waals surface area contributed by atoms with E-state index in [-0.39, 0.29) is 11.4 Å². The van der Waals surface area contributed by atoms with Crippen LogP contribution in [-0.4, -0.2) is 10.8 Å². The summed E-state index contributed by atoms with van der Waals surface area (Å²) in [5.74, 6) is 5.01. The van der Waals surface area contributed by atoms with E-state index in [0.717, 1.165) is 0 Å². The molecule has 5 nitrogen and oxygen atoms in total. The molecular formula is C6H8N4O. The third-order valence-electron chi connectivity index (χ3n) is 1.18. The summed E-state index contributed by atoms with van der Waals surface area (Å²) in [6.45, 7) is 0. The Balaban J connectivity index is 3.16. The first-order valence-electron chi connectivity index (χ1n) is 2.97. The predicted molar refractivity (Wildman–Crippen MR) is 42.0 cm³/mol. The lowest BCUT2D eigenvalue weighted by molar-refractivity contribution is 1.16. The van der Waals surface area contributed by atoms with Gasteiger partial charge in [0.05, 0.1) is 5.69 Å². The smallest absolute Gasteiger partial charge is 0.248 e. The first kappa shape index (κ1) is 7.33. The van der Waals surface area contributed by atoms with E-state index in [9.17, 15) is 4.79 Å². The summed E-state index contributed by atoms with van der Waals surface area (Å²) >= 11 is 0. The normalized spacial score (nSPS) is 11.5. The van der Waals surface area contributed by atoms with Gasteiger partial charge in [-0.15, -0.1) is 0 Å². The van der Waals surface area contributed by atoms with Gasteiger partial charge in [0.15, 0.2) is 5.84 Å². The van der Waals surface area contributed by atoms with Crippen molar-refractivity contribution in [3.8, 4) is 0 Å². The number of nitrogens with zero attached hydrogens (tertiary/aromatic N) is 1. The highest BCUT2D eigenvalue weighted by molar-refractivity contribution is 5.95. The van der Waals surface area contributed by atoms with E-state index >= 15 is 0 Å². The predicted octanol–water partition coefficient (Wildman–Crippen LogP) is -1.05. The van der Waals surface area contributed by atoms with Gasteiger partial charge in [-0.1, -0.05) is 6.07 Å². The van der Waals surface area contributed by atoms with E-state index in [1.807, 2.05) is 0 Å². The Morgan fingerprint density at radius 3 is 2.82 bits per heavy atom. The highest BCUT2D eigenvalue weighted by Gasteiger charge is 1.95. The molecule has 0 aliphatic carbocycles.